The number of rotatable bonds is 7. The first kappa shape index (κ1) is 18.8. The highest BCUT2D eigenvalue weighted by Crippen LogP contribution is 2.18. The Morgan fingerprint density at radius 3 is 2.61 bits per heavy atom. The molecule has 0 radical (unpaired) electrons. The van der Waals surface area contributed by atoms with Gasteiger partial charge in [0.2, 0.25) is 0 Å². The lowest BCUT2D eigenvalue weighted by Gasteiger charge is -2.05. The summed E-state index contributed by atoms with van der Waals surface area (Å²) >= 11 is 0. The number of hydrogen-bond donors (Lipinski definition) is 3. The number of hydrazone groups is 1. The maximum Gasteiger partial charge on any atom is 0.259 e. The molecule has 8 nitrogen and oxygen atoms in total. The van der Waals surface area contributed by atoms with Crippen LogP contribution in [0.4, 0.5) is 0 Å². The lowest BCUT2D eigenvalue weighted by atomic mass is 10.1. The number of nitrogens with zero attached hydrogens (tertiary/aromatic N) is 2. The van der Waals surface area contributed by atoms with Crippen molar-refractivity contribution in [2.45, 2.75) is 0 Å². The molecule has 0 aliphatic heterocycles. The van der Waals surface area contributed by atoms with Crippen LogP contribution in [0.1, 0.15) is 15.9 Å². The highest BCUT2D eigenvalue weighted by atomic mass is 16.5. The Bertz CT molecular complexity index is 965. The fourth-order valence-electron chi connectivity index (χ4n) is 2.45. The molecule has 0 fully saturated rings. The van der Waals surface area contributed by atoms with Gasteiger partial charge in [0.1, 0.15) is 5.75 Å². The maximum absolute atomic E-state index is 12.0. The first-order valence-electron chi connectivity index (χ1n) is 8.50. The predicted molar refractivity (Wildman–Crippen MR) is 105 cm³/mol. The van der Waals surface area contributed by atoms with Crippen molar-refractivity contribution in [3.63, 3.8) is 0 Å². The molecule has 28 heavy (non-hydrogen) atoms. The largest absolute Gasteiger partial charge is 0.497 e. The molecule has 2 amide bonds. The fraction of sp³-hybridized carbons (Fsp3) is 0.100. The van der Waals surface area contributed by atoms with Crippen LogP contribution in [0.15, 0.2) is 65.9 Å². The summed E-state index contributed by atoms with van der Waals surface area (Å²) in [6.45, 7) is -0.195. The monoisotopic (exact) mass is 377 g/mol. The number of benzene rings is 2. The van der Waals surface area contributed by atoms with Gasteiger partial charge in [-0.15, -0.1) is 0 Å². The van der Waals surface area contributed by atoms with Crippen LogP contribution >= 0.6 is 0 Å². The predicted octanol–water partition coefficient (Wildman–Crippen LogP) is 1.97. The van der Waals surface area contributed by atoms with Crippen LogP contribution < -0.4 is 15.5 Å². The summed E-state index contributed by atoms with van der Waals surface area (Å²) in [6, 6.07) is 16.2. The summed E-state index contributed by atoms with van der Waals surface area (Å²) in [7, 11) is 1.55. The number of carbonyl (C=O) groups is 2. The van der Waals surface area contributed by atoms with E-state index in [1.54, 1.807) is 37.6 Å². The molecule has 0 saturated heterocycles. The van der Waals surface area contributed by atoms with Crippen LogP contribution in [0.2, 0.25) is 0 Å². The van der Waals surface area contributed by atoms with Crippen molar-refractivity contribution in [3.05, 3.63) is 71.9 Å². The average molecular weight is 377 g/mol. The van der Waals surface area contributed by atoms with E-state index < -0.39 is 5.91 Å². The summed E-state index contributed by atoms with van der Waals surface area (Å²) in [5, 5.41) is 13.4. The van der Waals surface area contributed by atoms with Crippen molar-refractivity contribution in [2.75, 3.05) is 13.7 Å². The van der Waals surface area contributed by atoms with Gasteiger partial charge in [-0.2, -0.15) is 10.2 Å². The van der Waals surface area contributed by atoms with Crippen LogP contribution in [-0.4, -0.2) is 41.9 Å². The van der Waals surface area contributed by atoms with Crippen LogP contribution in [0.3, 0.4) is 0 Å². The minimum atomic E-state index is -0.442. The average Bonchev–Trinajstić information content (AvgIpc) is 3.21. The molecule has 0 bridgehead atoms. The van der Waals surface area contributed by atoms with Crippen molar-refractivity contribution in [3.8, 4) is 17.0 Å². The van der Waals surface area contributed by atoms with E-state index >= 15 is 0 Å². The van der Waals surface area contributed by atoms with E-state index in [1.807, 2.05) is 30.3 Å². The Labute approximate surface area is 161 Å². The molecule has 2 aromatic carbocycles. The van der Waals surface area contributed by atoms with Crippen LogP contribution in [-0.2, 0) is 4.79 Å². The van der Waals surface area contributed by atoms with Crippen molar-refractivity contribution >= 4 is 18.0 Å². The zero-order valence-electron chi connectivity index (χ0n) is 15.2. The van der Waals surface area contributed by atoms with Crippen molar-refractivity contribution in [1.29, 1.82) is 0 Å². The van der Waals surface area contributed by atoms with Gasteiger partial charge in [0.25, 0.3) is 11.8 Å². The Kier molecular flexibility index (Phi) is 6.14. The molecule has 8 heteroatoms. The van der Waals surface area contributed by atoms with Crippen LogP contribution in [0, 0.1) is 0 Å². The minimum Gasteiger partial charge on any atom is -0.497 e. The lowest BCUT2D eigenvalue weighted by molar-refractivity contribution is -0.120. The number of ether oxygens (including phenoxy) is 1. The van der Waals surface area contributed by atoms with Gasteiger partial charge in [-0.3, -0.25) is 14.7 Å². The van der Waals surface area contributed by atoms with Gasteiger partial charge in [0.05, 0.1) is 31.8 Å². The van der Waals surface area contributed by atoms with Gasteiger partial charge >= 0.3 is 0 Å². The summed E-state index contributed by atoms with van der Waals surface area (Å²) in [5.41, 5.74) is 5.30. The SMILES string of the molecule is COc1ccc(C(=O)NCC(=O)NN=Cc2cn[nH]c2-c2ccccc2)cc1. The molecular weight excluding hydrogens is 358 g/mol. The molecule has 0 aliphatic rings. The third kappa shape index (κ3) is 4.82. The number of methoxy groups -OCH3 is 1. The molecule has 3 rings (SSSR count). The van der Waals surface area contributed by atoms with E-state index in [9.17, 15) is 9.59 Å². The second-order valence-electron chi connectivity index (χ2n) is 5.77. The number of carbonyl (C=O) groups excluding carboxylic acids is 2. The van der Waals surface area contributed by atoms with Crippen molar-refractivity contribution in [2.24, 2.45) is 5.10 Å². The Morgan fingerprint density at radius 2 is 1.89 bits per heavy atom. The third-order valence-corrected chi connectivity index (χ3v) is 3.89. The molecular formula is C20H19N5O3. The number of aromatic amines is 1. The van der Waals surface area contributed by atoms with Crippen LogP contribution in [0.5, 0.6) is 5.75 Å². The lowest BCUT2D eigenvalue weighted by Crippen LogP contribution is -2.34. The molecule has 0 aliphatic carbocycles. The van der Waals surface area contributed by atoms with E-state index in [0.717, 1.165) is 16.8 Å². The maximum atomic E-state index is 12.0. The quantitative estimate of drug-likeness (QED) is 0.432. The topological polar surface area (TPSA) is 108 Å². The highest BCUT2D eigenvalue weighted by Gasteiger charge is 2.08. The normalized spacial score (nSPS) is 10.6. The van der Waals surface area contributed by atoms with Gasteiger partial charge in [0.15, 0.2) is 0 Å². The highest BCUT2D eigenvalue weighted by molar-refractivity contribution is 5.96. The first-order valence-corrected chi connectivity index (χ1v) is 8.50. The van der Waals surface area contributed by atoms with E-state index in [2.05, 4.69) is 26.0 Å². The van der Waals surface area contributed by atoms with Gasteiger partial charge in [-0.05, 0) is 24.3 Å². The molecule has 1 heterocycles. The van der Waals surface area contributed by atoms with Crippen molar-refractivity contribution < 1.29 is 14.3 Å². The standard InChI is InChI=1S/C20H19N5O3/c1-28-17-9-7-15(8-10-17)20(27)21-13-18(26)24-22-11-16-12-23-25-19(16)14-5-3-2-4-6-14/h2-12H,13H2,1H3,(H,21,27)(H,23,25)(H,24,26). The molecule has 0 saturated carbocycles. The van der Waals surface area contributed by atoms with Crippen molar-refractivity contribution in [1.82, 2.24) is 20.9 Å². The summed E-state index contributed by atoms with van der Waals surface area (Å²) < 4.78 is 5.04. The number of amides is 2. The minimum absolute atomic E-state index is 0.195. The summed E-state index contributed by atoms with van der Waals surface area (Å²) in [5.74, 6) is -0.149. The van der Waals surface area contributed by atoms with E-state index in [1.165, 1.54) is 6.21 Å². The molecule has 0 spiro atoms. The zero-order valence-corrected chi connectivity index (χ0v) is 15.2. The second-order valence-corrected chi connectivity index (χ2v) is 5.77. The Hall–Kier alpha value is -3.94. The number of nitrogens with one attached hydrogen (secondary N) is 3. The Morgan fingerprint density at radius 1 is 1.14 bits per heavy atom. The molecule has 0 atom stereocenters. The molecule has 1 aromatic heterocycles. The summed E-state index contributed by atoms with van der Waals surface area (Å²) in [4.78, 5) is 23.9. The smallest absolute Gasteiger partial charge is 0.259 e. The van der Waals surface area contributed by atoms with E-state index in [-0.39, 0.29) is 12.5 Å². The fourth-order valence-corrected chi connectivity index (χ4v) is 2.45. The third-order valence-electron chi connectivity index (χ3n) is 3.89. The zero-order chi connectivity index (χ0) is 19.8. The van der Waals surface area contributed by atoms with Gasteiger partial charge in [-0.25, -0.2) is 5.43 Å². The Balaban J connectivity index is 1.51. The molecule has 3 N–H and O–H groups in total. The van der Waals surface area contributed by atoms with Gasteiger partial charge in [-0.1, -0.05) is 30.3 Å². The number of H-pyrrole nitrogens is 1. The van der Waals surface area contributed by atoms with Gasteiger partial charge in [0, 0.05) is 16.7 Å². The summed E-state index contributed by atoms with van der Waals surface area (Å²) in [6.07, 6.45) is 3.11. The van der Waals surface area contributed by atoms with Gasteiger partial charge < -0.3 is 10.1 Å². The molecule has 3 aromatic rings. The number of hydrogen-bond acceptors (Lipinski definition) is 5. The van der Waals surface area contributed by atoms with Crippen LogP contribution in [0.25, 0.3) is 11.3 Å². The second kappa shape index (κ2) is 9.13. The van der Waals surface area contributed by atoms with E-state index in [4.69, 9.17) is 4.74 Å². The molecule has 142 valence electrons. The number of aromatic nitrogens is 2. The molecule has 0 unspecified atom stereocenters. The first-order chi connectivity index (χ1) is 13.7. The van der Waals surface area contributed by atoms with E-state index in [0.29, 0.717) is 11.3 Å².